The molecule has 0 aromatic carbocycles. The van der Waals surface area contributed by atoms with Gasteiger partial charge in [-0.1, -0.05) is 0 Å². The molecule has 20 heavy (non-hydrogen) atoms. The topological polar surface area (TPSA) is 44.8 Å². The Balaban J connectivity index is 2.48. The van der Waals surface area contributed by atoms with Crippen LogP contribution >= 0.6 is 0 Å². The summed E-state index contributed by atoms with van der Waals surface area (Å²) in [5.74, 6) is -0.156. The van der Waals surface area contributed by atoms with E-state index < -0.39 is 5.54 Å². The monoisotopic (exact) mass is 285 g/mol. The number of esters is 1. The average molecular weight is 285 g/mol. The molecule has 0 aromatic rings. The smallest absolute Gasteiger partial charge is 0.326 e. The molecule has 118 valence electrons. The van der Waals surface area contributed by atoms with Crippen LogP contribution in [0.25, 0.3) is 0 Å². The van der Waals surface area contributed by atoms with Gasteiger partial charge in [0.15, 0.2) is 0 Å². The molecule has 1 N–H and O–H groups in total. The Bertz CT molecular complexity index is 311. The van der Waals surface area contributed by atoms with Crippen LogP contribution in [0.2, 0.25) is 0 Å². The highest BCUT2D eigenvalue weighted by Crippen LogP contribution is 2.17. The molecular formula is C15H31N3O2. The predicted molar refractivity (Wildman–Crippen MR) is 81.9 cm³/mol. The molecule has 2 unspecified atom stereocenters. The van der Waals surface area contributed by atoms with Crippen molar-refractivity contribution < 1.29 is 9.53 Å². The van der Waals surface area contributed by atoms with E-state index in [1.807, 2.05) is 20.9 Å². The molecule has 2 atom stereocenters. The Labute approximate surface area is 123 Å². The lowest BCUT2D eigenvalue weighted by Crippen LogP contribution is -2.52. The van der Waals surface area contributed by atoms with E-state index in [0.717, 1.165) is 19.5 Å². The summed E-state index contributed by atoms with van der Waals surface area (Å²) < 4.78 is 5.16. The number of nitrogens with zero attached hydrogens (tertiary/aromatic N) is 2. The van der Waals surface area contributed by atoms with Gasteiger partial charge in [0.2, 0.25) is 0 Å². The van der Waals surface area contributed by atoms with Crippen LogP contribution in [-0.2, 0) is 9.53 Å². The van der Waals surface area contributed by atoms with E-state index in [9.17, 15) is 4.79 Å². The highest BCUT2D eigenvalue weighted by molar-refractivity contribution is 5.80. The second-order valence-corrected chi connectivity index (χ2v) is 6.09. The van der Waals surface area contributed by atoms with E-state index in [-0.39, 0.29) is 5.97 Å². The minimum absolute atomic E-state index is 0.156. The molecule has 1 rings (SSSR count). The van der Waals surface area contributed by atoms with E-state index in [4.69, 9.17) is 4.74 Å². The Kier molecular flexibility index (Phi) is 6.92. The van der Waals surface area contributed by atoms with Crippen molar-refractivity contribution in [2.45, 2.75) is 44.7 Å². The first-order valence-corrected chi connectivity index (χ1v) is 7.68. The van der Waals surface area contributed by atoms with Crippen molar-refractivity contribution in [3.63, 3.8) is 0 Å². The lowest BCUT2D eigenvalue weighted by molar-refractivity contribution is -0.150. The summed E-state index contributed by atoms with van der Waals surface area (Å²) in [6, 6.07) is 0.594. The van der Waals surface area contributed by atoms with E-state index in [1.54, 1.807) is 0 Å². The number of nitrogens with one attached hydrogen (secondary N) is 1. The fourth-order valence-electron chi connectivity index (χ4n) is 2.70. The minimum atomic E-state index is -0.592. The van der Waals surface area contributed by atoms with Gasteiger partial charge in [-0.25, -0.2) is 0 Å². The molecule has 0 spiro atoms. The molecule has 0 saturated carbocycles. The number of ether oxygens (including phenoxy) is 1. The highest BCUT2D eigenvalue weighted by Gasteiger charge is 2.33. The maximum absolute atomic E-state index is 12.0. The lowest BCUT2D eigenvalue weighted by atomic mass is 9.97. The zero-order chi connectivity index (χ0) is 15.2. The van der Waals surface area contributed by atoms with Crippen LogP contribution < -0.4 is 5.32 Å². The van der Waals surface area contributed by atoms with Gasteiger partial charge < -0.3 is 19.9 Å². The number of carbonyl (C=O) groups excluding carboxylic acids is 1. The van der Waals surface area contributed by atoms with Crippen molar-refractivity contribution in [3.05, 3.63) is 0 Å². The minimum Gasteiger partial charge on any atom is -0.465 e. The van der Waals surface area contributed by atoms with Gasteiger partial charge in [-0.15, -0.1) is 0 Å². The summed E-state index contributed by atoms with van der Waals surface area (Å²) in [5, 5.41) is 3.12. The molecule has 1 fully saturated rings. The van der Waals surface area contributed by atoms with Gasteiger partial charge in [0.25, 0.3) is 0 Å². The third-order valence-corrected chi connectivity index (χ3v) is 4.47. The third kappa shape index (κ3) is 4.72. The zero-order valence-electron chi connectivity index (χ0n) is 13.7. The van der Waals surface area contributed by atoms with Crippen molar-refractivity contribution in [2.24, 2.45) is 0 Å². The van der Waals surface area contributed by atoms with Crippen molar-refractivity contribution in [3.8, 4) is 0 Å². The Morgan fingerprint density at radius 1 is 1.55 bits per heavy atom. The van der Waals surface area contributed by atoms with Crippen LogP contribution in [-0.4, -0.2) is 74.7 Å². The second kappa shape index (κ2) is 7.96. The van der Waals surface area contributed by atoms with Crippen molar-refractivity contribution in [1.29, 1.82) is 0 Å². The predicted octanol–water partition coefficient (Wildman–Crippen LogP) is 0.944. The molecule has 0 bridgehead atoms. The number of carbonyl (C=O) groups is 1. The van der Waals surface area contributed by atoms with Crippen LogP contribution in [0.3, 0.4) is 0 Å². The van der Waals surface area contributed by atoms with Crippen LogP contribution in [0.15, 0.2) is 0 Å². The van der Waals surface area contributed by atoms with Gasteiger partial charge in [0.1, 0.15) is 5.54 Å². The molecule has 1 saturated heterocycles. The number of likely N-dealkylation sites (tertiary alicyclic amines) is 1. The van der Waals surface area contributed by atoms with E-state index in [0.29, 0.717) is 12.6 Å². The molecule has 0 aliphatic carbocycles. The lowest BCUT2D eigenvalue weighted by Gasteiger charge is -2.37. The Hall–Kier alpha value is -0.650. The van der Waals surface area contributed by atoms with Crippen molar-refractivity contribution >= 4 is 5.97 Å². The molecule has 0 amide bonds. The van der Waals surface area contributed by atoms with E-state index >= 15 is 0 Å². The molecule has 1 heterocycles. The van der Waals surface area contributed by atoms with Crippen LogP contribution in [0.4, 0.5) is 0 Å². The van der Waals surface area contributed by atoms with Gasteiger partial charge in [-0.05, 0) is 60.8 Å². The van der Waals surface area contributed by atoms with Gasteiger partial charge in [-0.2, -0.15) is 0 Å². The standard InChI is InChI=1S/C15H31N3O2/c1-6-20-14(19)15(2,16-3)9-11-18(5)13-8-7-10-17(4)12-13/h13,16H,6-12H2,1-5H3. The van der Waals surface area contributed by atoms with Gasteiger partial charge in [-0.3, -0.25) is 4.79 Å². The Morgan fingerprint density at radius 2 is 2.25 bits per heavy atom. The summed E-state index contributed by atoms with van der Waals surface area (Å²) in [6.45, 7) is 7.41. The van der Waals surface area contributed by atoms with E-state index in [1.165, 1.54) is 19.4 Å². The van der Waals surface area contributed by atoms with Crippen molar-refractivity contribution in [2.75, 3.05) is 47.4 Å². The second-order valence-electron chi connectivity index (χ2n) is 6.09. The number of hydrogen-bond acceptors (Lipinski definition) is 5. The molecule has 0 radical (unpaired) electrons. The van der Waals surface area contributed by atoms with Crippen LogP contribution in [0.5, 0.6) is 0 Å². The third-order valence-electron chi connectivity index (χ3n) is 4.47. The summed E-state index contributed by atoms with van der Waals surface area (Å²) >= 11 is 0. The number of rotatable bonds is 7. The maximum atomic E-state index is 12.0. The first-order chi connectivity index (χ1) is 9.42. The summed E-state index contributed by atoms with van der Waals surface area (Å²) in [5.41, 5.74) is -0.592. The molecule has 1 aliphatic heterocycles. The summed E-state index contributed by atoms with van der Waals surface area (Å²) in [6.07, 6.45) is 3.27. The molecule has 0 aromatic heterocycles. The average Bonchev–Trinajstić information content (AvgIpc) is 2.44. The largest absolute Gasteiger partial charge is 0.465 e. The molecular weight excluding hydrogens is 254 g/mol. The van der Waals surface area contributed by atoms with Crippen LogP contribution in [0, 0.1) is 0 Å². The van der Waals surface area contributed by atoms with Gasteiger partial charge in [0.05, 0.1) is 6.61 Å². The van der Waals surface area contributed by atoms with E-state index in [2.05, 4.69) is 29.2 Å². The van der Waals surface area contributed by atoms with Crippen LogP contribution in [0.1, 0.15) is 33.1 Å². The molecule has 5 nitrogen and oxygen atoms in total. The SMILES string of the molecule is CCOC(=O)C(C)(CCN(C)C1CCCN(C)C1)NC. The number of piperidine rings is 1. The quantitative estimate of drug-likeness (QED) is 0.706. The highest BCUT2D eigenvalue weighted by atomic mass is 16.5. The normalized spacial score (nSPS) is 23.6. The fourth-order valence-corrected chi connectivity index (χ4v) is 2.70. The fraction of sp³-hybridized carbons (Fsp3) is 0.933. The first-order valence-electron chi connectivity index (χ1n) is 7.68. The molecule has 5 heteroatoms. The van der Waals surface area contributed by atoms with Crippen molar-refractivity contribution in [1.82, 2.24) is 15.1 Å². The van der Waals surface area contributed by atoms with Gasteiger partial charge in [0, 0.05) is 19.1 Å². The Morgan fingerprint density at radius 3 is 2.80 bits per heavy atom. The summed E-state index contributed by atoms with van der Waals surface area (Å²) in [4.78, 5) is 16.8. The maximum Gasteiger partial charge on any atom is 0.326 e. The molecule has 1 aliphatic rings. The first kappa shape index (κ1) is 17.4. The zero-order valence-corrected chi connectivity index (χ0v) is 13.7. The number of hydrogen-bond donors (Lipinski definition) is 1. The number of likely N-dealkylation sites (N-methyl/N-ethyl adjacent to an activating group) is 3. The van der Waals surface area contributed by atoms with Gasteiger partial charge >= 0.3 is 5.97 Å². The summed E-state index contributed by atoms with van der Waals surface area (Å²) in [7, 11) is 6.16.